The van der Waals surface area contributed by atoms with Crippen molar-refractivity contribution in [2.75, 3.05) is 0 Å². The van der Waals surface area contributed by atoms with Crippen LogP contribution >= 0.6 is 34.4 Å². The number of hydrogen-bond donors (Lipinski definition) is 0. The second kappa shape index (κ2) is 5.72. The lowest BCUT2D eigenvalue weighted by molar-refractivity contribution is 0.913. The zero-order valence-corrected chi connectivity index (χ0v) is 12.0. The molecule has 0 fully saturated rings. The summed E-state index contributed by atoms with van der Waals surface area (Å²) in [6, 6.07) is 8.68. The molecule has 4 heteroatoms. The number of hydrogen-bond acceptors (Lipinski definition) is 2. The van der Waals surface area contributed by atoms with E-state index in [2.05, 4.69) is 58.0 Å². The molecule has 0 radical (unpaired) electrons. The van der Waals surface area contributed by atoms with Crippen molar-refractivity contribution in [1.82, 2.24) is 9.55 Å². The Morgan fingerprint density at radius 1 is 1.25 bits per heavy atom. The summed E-state index contributed by atoms with van der Waals surface area (Å²) < 4.78 is 3.27. The van der Waals surface area contributed by atoms with Crippen LogP contribution in [0.15, 0.2) is 36.8 Å². The molecular weight excluding hydrogens is 331 g/mol. The molecule has 0 amide bonds. The summed E-state index contributed by atoms with van der Waals surface area (Å²) in [6.45, 7) is 0. The summed E-state index contributed by atoms with van der Waals surface area (Å²) in [5, 5.41) is 0. The van der Waals surface area contributed by atoms with Crippen LogP contribution in [0, 0.1) is 3.57 Å². The van der Waals surface area contributed by atoms with Gasteiger partial charge in [0.1, 0.15) is 0 Å². The minimum Gasteiger partial charge on any atom is -0.340 e. The van der Waals surface area contributed by atoms with Crippen molar-refractivity contribution in [3.8, 4) is 0 Å². The molecule has 2 aromatic rings. The van der Waals surface area contributed by atoms with Crippen molar-refractivity contribution in [2.45, 2.75) is 11.5 Å². The number of imidazole rings is 1. The molecule has 0 saturated carbocycles. The van der Waals surface area contributed by atoms with Crippen LogP contribution < -0.4 is 0 Å². The van der Waals surface area contributed by atoms with Crippen LogP contribution in [0.1, 0.15) is 11.3 Å². The van der Waals surface area contributed by atoms with Gasteiger partial charge in [0.25, 0.3) is 0 Å². The maximum atomic E-state index is 4.30. The van der Waals surface area contributed by atoms with Gasteiger partial charge in [0, 0.05) is 28.3 Å². The summed E-state index contributed by atoms with van der Waals surface area (Å²) in [6.07, 6.45) is 3.92. The molecule has 0 bridgehead atoms. The fraction of sp³-hybridized carbons (Fsp3) is 0.250. The first-order valence-electron chi connectivity index (χ1n) is 5.03. The van der Waals surface area contributed by atoms with Crippen molar-refractivity contribution in [2.24, 2.45) is 7.05 Å². The molecule has 0 unspecified atom stereocenters. The summed E-state index contributed by atoms with van der Waals surface area (Å²) >= 11 is 4.23. The van der Waals surface area contributed by atoms with E-state index in [1.54, 1.807) is 0 Å². The van der Waals surface area contributed by atoms with Crippen LogP contribution in [0.2, 0.25) is 0 Å². The highest BCUT2D eigenvalue weighted by Crippen LogP contribution is 2.17. The minimum atomic E-state index is 0.979. The molecule has 0 spiro atoms. The Labute approximate surface area is 114 Å². The normalized spacial score (nSPS) is 10.6. The predicted octanol–water partition coefficient (Wildman–Crippen LogP) is 3.46. The number of thioether (sulfide) groups is 1. The predicted molar refractivity (Wildman–Crippen MR) is 77.4 cm³/mol. The van der Waals surface area contributed by atoms with E-state index < -0.39 is 0 Å². The highest BCUT2D eigenvalue weighted by Gasteiger charge is 1.98. The molecular formula is C12H13IN2S. The maximum absolute atomic E-state index is 4.30. The molecule has 0 saturated heterocycles. The number of aryl methyl sites for hydroxylation is 1. The monoisotopic (exact) mass is 344 g/mol. The van der Waals surface area contributed by atoms with E-state index >= 15 is 0 Å². The Morgan fingerprint density at radius 3 is 2.62 bits per heavy atom. The van der Waals surface area contributed by atoms with Crippen LogP contribution in [-0.2, 0) is 18.6 Å². The van der Waals surface area contributed by atoms with E-state index in [1.807, 2.05) is 29.7 Å². The van der Waals surface area contributed by atoms with Crippen molar-refractivity contribution in [3.63, 3.8) is 0 Å². The number of benzene rings is 1. The lowest BCUT2D eigenvalue weighted by Gasteiger charge is -2.00. The summed E-state index contributed by atoms with van der Waals surface area (Å²) in [5.41, 5.74) is 2.53. The first-order valence-corrected chi connectivity index (χ1v) is 7.26. The van der Waals surface area contributed by atoms with Crippen LogP contribution in [0.25, 0.3) is 0 Å². The number of nitrogens with zero attached hydrogens (tertiary/aromatic N) is 2. The SMILES string of the molecule is Cn1cnc(CSCc2ccc(I)cc2)c1. The molecule has 2 nitrogen and oxygen atoms in total. The third-order valence-electron chi connectivity index (χ3n) is 2.19. The van der Waals surface area contributed by atoms with Crippen molar-refractivity contribution in [1.29, 1.82) is 0 Å². The highest BCUT2D eigenvalue weighted by molar-refractivity contribution is 14.1. The topological polar surface area (TPSA) is 17.8 Å². The summed E-state index contributed by atoms with van der Waals surface area (Å²) in [7, 11) is 2.00. The Balaban J connectivity index is 1.82. The summed E-state index contributed by atoms with van der Waals surface area (Å²) in [4.78, 5) is 4.30. The van der Waals surface area contributed by atoms with Crippen LogP contribution in [0.3, 0.4) is 0 Å². The Kier molecular flexibility index (Phi) is 4.29. The molecule has 2 rings (SSSR count). The molecule has 0 aliphatic rings. The van der Waals surface area contributed by atoms with Gasteiger partial charge in [0.05, 0.1) is 12.0 Å². The molecule has 0 atom stereocenters. The van der Waals surface area contributed by atoms with Gasteiger partial charge in [-0.15, -0.1) is 0 Å². The van der Waals surface area contributed by atoms with E-state index in [0.717, 1.165) is 17.2 Å². The minimum absolute atomic E-state index is 0.979. The standard InChI is InChI=1S/C12H13IN2S/c1-15-6-12(14-9-15)8-16-7-10-2-4-11(13)5-3-10/h2-6,9H,7-8H2,1H3. The molecule has 0 aliphatic carbocycles. The first-order chi connectivity index (χ1) is 7.74. The van der Waals surface area contributed by atoms with Gasteiger partial charge in [0.2, 0.25) is 0 Å². The highest BCUT2D eigenvalue weighted by atomic mass is 127. The average Bonchev–Trinajstić information content (AvgIpc) is 2.67. The number of halogens is 1. The summed E-state index contributed by atoms with van der Waals surface area (Å²) in [5.74, 6) is 2.03. The van der Waals surface area contributed by atoms with Crippen molar-refractivity contribution >= 4 is 34.4 Å². The van der Waals surface area contributed by atoms with Gasteiger partial charge in [-0.3, -0.25) is 0 Å². The molecule has 1 heterocycles. The third kappa shape index (κ3) is 3.52. The largest absolute Gasteiger partial charge is 0.340 e. The third-order valence-corrected chi connectivity index (χ3v) is 3.95. The molecule has 84 valence electrons. The fourth-order valence-electron chi connectivity index (χ4n) is 1.40. The quantitative estimate of drug-likeness (QED) is 0.791. The van der Waals surface area contributed by atoms with E-state index in [1.165, 1.54) is 9.13 Å². The number of rotatable bonds is 4. The van der Waals surface area contributed by atoms with E-state index in [4.69, 9.17) is 0 Å². The second-order valence-corrected chi connectivity index (χ2v) is 5.88. The van der Waals surface area contributed by atoms with Crippen LogP contribution in [-0.4, -0.2) is 9.55 Å². The molecule has 0 aliphatic heterocycles. The Bertz CT molecular complexity index is 450. The lowest BCUT2D eigenvalue weighted by atomic mass is 10.2. The van der Waals surface area contributed by atoms with Gasteiger partial charge in [-0.1, -0.05) is 12.1 Å². The van der Waals surface area contributed by atoms with Gasteiger partial charge >= 0.3 is 0 Å². The van der Waals surface area contributed by atoms with Crippen LogP contribution in [0.4, 0.5) is 0 Å². The molecule has 0 N–H and O–H groups in total. The average molecular weight is 344 g/mol. The van der Waals surface area contributed by atoms with E-state index in [9.17, 15) is 0 Å². The smallest absolute Gasteiger partial charge is 0.0947 e. The van der Waals surface area contributed by atoms with Crippen molar-refractivity contribution in [3.05, 3.63) is 51.6 Å². The number of aromatic nitrogens is 2. The zero-order chi connectivity index (χ0) is 11.4. The molecule has 1 aromatic carbocycles. The lowest BCUT2D eigenvalue weighted by Crippen LogP contribution is -1.84. The first kappa shape index (κ1) is 12.0. The van der Waals surface area contributed by atoms with Gasteiger partial charge in [-0.2, -0.15) is 11.8 Å². The van der Waals surface area contributed by atoms with Crippen LogP contribution in [0.5, 0.6) is 0 Å². The van der Waals surface area contributed by atoms with E-state index in [0.29, 0.717) is 0 Å². The zero-order valence-electron chi connectivity index (χ0n) is 9.06. The van der Waals surface area contributed by atoms with Gasteiger partial charge in [-0.25, -0.2) is 4.98 Å². The molecule has 1 aromatic heterocycles. The fourth-order valence-corrected chi connectivity index (χ4v) is 2.64. The van der Waals surface area contributed by atoms with Gasteiger partial charge in [0.15, 0.2) is 0 Å². The Hall–Kier alpha value is -0.490. The second-order valence-electron chi connectivity index (χ2n) is 3.65. The van der Waals surface area contributed by atoms with Gasteiger partial charge in [-0.05, 0) is 40.3 Å². The van der Waals surface area contributed by atoms with Gasteiger partial charge < -0.3 is 4.57 Å². The van der Waals surface area contributed by atoms with E-state index in [-0.39, 0.29) is 0 Å². The molecule has 16 heavy (non-hydrogen) atoms. The maximum Gasteiger partial charge on any atom is 0.0947 e. The van der Waals surface area contributed by atoms with Crippen molar-refractivity contribution < 1.29 is 0 Å². The Morgan fingerprint density at radius 2 is 2.00 bits per heavy atom.